The zero-order valence-electron chi connectivity index (χ0n) is 22.9. The summed E-state index contributed by atoms with van der Waals surface area (Å²) < 4.78 is 74.7. The van der Waals surface area contributed by atoms with Gasteiger partial charge in [0.25, 0.3) is 5.91 Å². The number of carbonyl (C=O) groups excluding carboxylic acids is 1. The molecule has 1 N–H and O–H groups in total. The lowest BCUT2D eigenvalue weighted by atomic mass is 9.87. The molecule has 8 nitrogen and oxygen atoms in total. The van der Waals surface area contributed by atoms with Gasteiger partial charge in [0.1, 0.15) is 17.2 Å². The number of hydrogen-bond acceptors (Lipinski definition) is 6. The van der Waals surface area contributed by atoms with Crippen LogP contribution in [0.15, 0.2) is 77.7 Å². The van der Waals surface area contributed by atoms with Crippen LogP contribution in [-0.4, -0.2) is 63.9 Å². The second kappa shape index (κ2) is 11.6. The van der Waals surface area contributed by atoms with Crippen molar-refractivity contribution < 1.29 is 30.8 Å². The summed E-state index contributed by atoms with van der Waals surface area (Å²) in [6.07, 6.45) is -0.623. The van der Waals surface area contributed by atoms with Crippen molar-refractivity contribution in [1.29, 1.82) is 0 Å². The Labute approximate surface area is 240 Å². The molecule has 0 saturated carbocycles. The summed E-state index contributed by atoms with van der Waals surface area (Å²) in [7, 11) is -7.80. The van der Waals surface area contributed by atoms with Crippen molar-refractivity contribution in [2.45, 2.75) is 55.0 Å². The van der Waals surface area contributed by atoms with Gasteiger partial charge >= 0.3 is 0 Å². The topological polar surface area (TPSA) is 110 Å². The molecule has 41 heavy (non-hydrogen) atoms. The van der Waals surface area contributed by atoms with Crippen LogP contribution in [0, 0.1) is 12.7 Å². The predicted molar refractivity (Wildman–Crippen MR) is 153 cm³/mol. The fourth-order valence-corrected chi connectivity index (χ4v) is 8.39. The molecule has 0 spiro atoms. The number of hydrogen-bond donors (Lipinski definition) is 1. The Morgan fingerprint density at radius 1 is 1.00 bits per heavy atom. The van der Waals surface area contributed by atoms with Gasteiger partial charge in [-0.3, -0.25) is 4.79 Å². The second-order valence-electron chi connectivity index (χ2n) is 10.5. The molecule has 1 saturated heterocycles. The van der Waals surface area contributed by atoms with E-state index in [1.54, 1.807) is 29.2 Å². The molecule has 0 radical (unpaired) electrons. The largest absolute Gasteiger partial charge is 0.367 e. The maximum absolute atomic E-state index is 14.1. The molecule has 2 aliphatic heterocycles. The van der Waals surface area contributed by atoms with Crippen LogP contribution in [0.3, 0.4) is 0 Å². The molecule has 218 valence electrons. The molecule has 0 aliphatic carbocycles. The number of amides is 1. The third kappa shape index (κ3) is 6.08. The number of fused-ring (bicyclic) bond motifs is 1. The van der Waals surface area contributed by atoms with Crippen molar-refractivity contribution in [2.24, 2.45) is 0 Å². The van der Waals surface area contributed by atoms with Gasteiger partial charge in [-0.15, -0.1) is 0 Å². The molecule has 3 aromatic carbocycles. The molecule has 11 heteroatoms. The summed E-state index contributed by atoms with van der Waals surface area (Å²) in [5.41, 5.74) is 3.60. The number of nitrogens with zero attached hydrogens (tertiary/aromatic N) is 1. The third-order valence-corrected chi connectivity index (χ3v) is 11.6. The Kier molecular flexibility index (Phi) is 8.34. The van der Waals surface area contributed by atoms with Crippen LogP contribution in [0.25, 0.3) is 0 Å². The number of sulfone groups is 1. The van der Waals surface area contributed by atoms with Crippen molar-refractivity contribution in [1.82, 2.24) is 9.62 Å². The van der Waals surface area contributed by atoms with Gasteiger partial charge in [-0.05, 0) is 54.3 Å². The molecule has 3 aromatic rings. The molecule has 2 heterocycles. The Morgan fingerprint density at radius 3 is 2.37 bits per heavy atom. The van der Waals surface area contributed by atoms with Gasteiger partial charge in [0.05, 0.1) is 17.5 Å². The van der Waals surface area contributed by atoms with Crippen molar-refractivity contribution >= 4 is 25.8 Å². The van der Waals surface area contributed by atoms with E-state index < -0.39 is 49.1 Å². The molecule has 0 unspecified atom stereocenters. The molecule has 0 aromatic heterocycles. The van der Waals surface area contributed by atoms with E-state index in [4.69, 9.17) is 4.74 Å². The molecule has 4 atom stereocenters. The number of sulfonamides is 1. The highest BCUT2D eigenvalue weighted by Crippen LogP contribution is 2.37. The Bertz CT molecular complexity index is 1630. The van der Waals surface area contributed by atoms with E-state index in [9.17, 15) is 26.0 Å². The molecule has 2 aliphatic rings. The van der Waals surface area contributed by atoms with Crippen LogP contribution in [0.5, 0.6) is 0 Å². The van der Waals surface area contributed by atoms with Gasteiger partial charge in [-0.25, -0.2) is 25.9 Å². The average Bonchev–Trinajstić information content (AvgIpc) is 2.96. The monoisotopic (exact) mass is 600 g/mol. The number of aryl methyl sites for hydroxylation is 1. The standard InChI is InChI=1S/C30H33FN2O6S2/c1-3-40(35,36)28-19-39-27(18-26(28)32-41(37,38)24-14-8-20(2)9-15-24)30(34)33-17-16-21-6-4-5-7-25(21)29(33)22-10-12-23(31)13-11-22/h4-15,26-29,32H,3,16-19H2,1-2H3/t26-,27+,28-,29-/m0/s1. The number of halogens is 1. The first kappa shape index (κ1) is 29.4. The summed E-state index contributed by atoms with van der Waals surface area (Å²) in [6, 6.07) is 18.4. The van der Waals surface area contributed by atoms with E-state index in [1.807, 2.05) is 31.2 Å². The second-order valence-corrected chi connectivity index (χ2v) is 14.7. The maximum atomic E-state index is 14.1. The lowest BCUT2D eigenvalue weighted by Gasteiger charge is -2.42. The minimum absolute atomic E-state index is 0.00845. The molecule has 1 fully saturated rings. The van der Waals surface area contributed by atoms with Gasteiger partial charge in [-0.1, -0.05) is 61.0 Å². The number of carbonyl (C=O) groups is 1. The summed E-state index contributed by atoms with van der Waals surface area (Å²) >= 11 is 0. The van der Waals surface area contributed by atoms with Gasteiger partial charge in [0.15, 0.2) is 9.84 Å². The first-order chi connectivity index (χ1) is 19.5. The van der Waals surface area contributed by atoms with Crippen LogP contribution in [-0.2, 0) is 35.8 Å². The van der Waals surface area contributed by atoms with Crippen LogP contribution in [0.1, 0.15) is 41.6 Å². The van der Waals surface area contributed by atoms with E-state index in [2.05, 4.69) is 4.72 Å². The summed E-state index contributed by atoms with van der Waals surface area (Å²) in [4.78, 5) is 15.7. The fraction of sp³-hybridized carbons (Fsp3) is 0.367. The van der Waals surface area contributed by atoms with E-state index in [0.29, 0.717) is 13.0 Å². The first-order valence-corrected chi connectivity index (χ1v) is 16.8. The minimum atomic E-state index is -4.08. The van der Waals surface area contributed by atoms with E-state index >= 15 is 0 Å². The highest BCUT2D eigenvalue weighted by Gasteiger charge is 2.45. The SMILES string of the molecule is CCS(=O)(=O)[C@H]1CO[C@@H](C(=O)N2CCc3ccccc3[C@@H]2c2ccc(F)cc2)C[C@@H]1NS(=O)(=O)c1ccc(C)cc1. The van der Waals surface area contributed by atoms with E-state index in [1.165, 1.54) is 31.2 Å². The van der Waals surface area contributed by atoms with Crippen molar-refractivity contribution in [2.75, 3.05) is 18.9 Å². The highest BCUT2D eigenvalue weighted by atomic mass is 32.2. The maximum Gasteiger partial charge on any atom is 0.252 e. The van der Waals surface area contributed by atoms with E-state index in [0.717, 1.165) is 22.3 Å². The Morgan fingerprint density at radius 2 is 1.68 bits per heavy atom. The third-order valence-electron chi connectivity index (χ3n) is 7.91. The van der Waals surface area contributed by atoms with Crippen molar-refractivity contribution in [3.8, 4) is 0 Å². The first-order valence-electron chi connectivity index (χ1n) is 13.6. The number of rotatable bonds is 7. The number of ether oxygens (including phenoxy) is 1. The molecule has 0 bridgehead atoms. The summed E-state index contributed by atoms with van der Waals surface area (Å²) in [5.74, 6) is -0.961. The lowest BCUT2D eigenvalue weighted by Crippen LogP contribution is -2.58. The van der Waals surface area contributed by atoms with Crippen LogP contribution in [0.4, 0.5) is 4.39 Å². The molecule has 1 amide bonds. The molecular weight excluding hydrogens is 567 g/mol. The van der Waals surface area contributed by atoms with Gasteiger partial charge in [-0.2, -0.15) is 0 Å². The summed E-state index contributed by atoms with van der Waals surface area (Å²) in [6.45, 7) is 3.38. The van der Waals surface area contributed by atoms with E-state index in [-0.39, 0.29) is 29.6 Å². The molecule has 5 rings (SSSR count). The predicted octanol–water partition coefficient (Wildman–Crippen LogP) is 3.55. The van der Waals surface area contributed by atoms with Crippen LogP contribution in [0.2, 0.25) is 0 Å². The van der Waals surface area contributed by atoms with Crippen LogP contribution >= 0.6 is 0 Å². The smallest absolute Gasteiger partial charge is 0.252 e. The van der Waals surface area contributed by atoms with Crippen molar-refractivity contribution in [3.05, 3.63) is 101 Å². The Balaban J connectivity index is 1.46. The average molecular weight is 601 g/mol. The fourth-order valence-electron chi connectivity index (χ4n) is 5.62. The van der Waals surface area contributed by atoms with Gasteiger partial charge in [0, 0.05) is 24.8 Å². The van der Waals surface area contributed by atoms with Gasteiger partial charge < -0.3 is 9.64 Å². The number of nitrogens with one attached hydrogen (secondary N) is 1. The highest BCUT2D eigenvalue weighted by molar-refractivity contribution is 7.92. The molecular formula is C30H33FN2O6S2. The lowest BCUT2D eigenvalue weighted by molar-refractivity contribution is -0.149. The number of benzene rings is 3. The van der Waals surface area contributed by atoms with Crippen LogP contribution < -0.4 is 4.72 Å². The Hall–Kier alpha value is -3.12. The minimum Gasteiger partial charge on any atom is -0.367 e. The zero-order valence-corrected chi connectivity index (χ0v) is 24.5. The van der Waals surface area contributed by atoms with Gasteiger partial charge in [0.2, 0.25) is 10.0 Å². The normalized spacial score (nSPS) is 23.1. The summed E-state index contributed by atoms with van der Waals surface area (Å²) in [5, 5.41) is -1.15. The quantitative estimate of drug-likeness (QED) is 0.444. The van der Waals surface area contributed by atoms with Crippen molar-refractivity contribution in [3.63, 3.8) is 0 Å². The zero-order chi connectivity index (χ0) is 29.4.